The van der Waals surface area contributed by atoms with Gasteiger partial charge in [-0.05, 0) is 41.1 Å². The number of aromatic hydroxyl groups is 1. The Morgan fingerprint density at radius 1 is 1.00 bits per heavy atom. The first kappa shape index (κ1) is 22.6. The first-order chi connectivity index (χ1) is 18.6. The topological polar surface area (TPSA) is 144 Å². The van der Waals surface area contributed by atoms with E-state index in [1.165, 1.54) is 10.9 Å². The predicted octanol–water partition coefficient (Wildman–Crippen LogP) is 6.15. The number of carbonyl (C=O) groups is 1. The van der Waals surface area contributed by atoms with Gasteiger partial charge in [0.05, 0.1) is 22.8 Å². The number of phenols is 1. The molecule has 3 N–H and O–H groups in total. The second-order valence-corrected chi connectivity index (χ2v) is 8.34. The maximum absolute atomic E-state index is 13.2. The van der Waals surface area contributed by atoms with Gasteiger partial charge in [-0.15, -0.1) is 10.2 Å². The molecule has 38 heavy (non-hydrogen) atoms. The van der Waals surface area contributed by atoms with Gasteiger partial charge in [-0.2, -0.15) is 15.0 Å². The van der Waals surface area contributed by atoms with E-state index >= 15 is 0 Å². The number of rotatable bonds is 5. The molecule has 0 aliphatic rings. The minimum absolute atomic E-state index is 0.0585. The van der Waals surface area contributed by atoms with Gasteiger partial charge in [0.15, 0.2) is 11.6 Å². The van der Waals surface area contributed by atoms with Crippen LogP contribution in [0, 0.1) is 11.3 Å². The third-order valence-corrected chi connectivity index (χ3v) is 5.95. The van der Waals surface area contributed by atoms with E-state index in [0.717, 1.165) is 11.0 Å². The van der Waals surface area contributed by atoms with Crippen LogP contribution in [0.1, 0.15) is 15.9 Å². The summed E-state index contributed by atoms with van der Waals surface area (Å²) in [7, 11) is 0. The molecule has 0 unspecified atom stereocenters. The number of amides is 1. The minimum Gasteiger partial charge on any atom is -0.505 e. The average molecular weight is 499 g/mol. The Hall–Kier alpha value is -5.82. The number of hydrogen-bond donors (Lipinski definition) is 3. The van der Waals surface area contributed by atoms with E-state index in [2.05, 4.69) is 36.7 Å². The minimum atomic E-state index is -0.494. The van der Waals surface area contributed by atoms with E-state index in [1.54, 1.807) is 42.5 Å². The Bertz CT molecular complexity index is 1860. The number of carbonyl (C=O) groups excluding carboxylic acids is 1. The molecule has 2 heterocycles. The predicted molar refractivity (Wildman–Crippen MR) is 142 cm³/mol. The van der Waals surface area contributed by atoms with Crippen molar-refractivity contribution in [3.8, 4) is 17.8 Å². The monoisotopic (exact) mass is 498 g/mol. The number of nitrogens with zero attached hydrogens (tertiary/aromatic N) is 6. The number of aromatic amines is 1. The van der Waals surface area contributed by atoms with Gasteiger partial charge >= 0.3 is 0 Å². The number of H-pyrrole nitrogens is 1. The Morgan fingerprint density at radius 2 is 1.76 bits per heavy atom. The molecule has 10 nitrogen and oxygen atoms in total. The average Bonchev–Trinajstić information content (AvgIpc) is 3.56. The molecular weight excluding hydrogens is 480 g/mol. The molecule has 1 amide bonds. The highest BCUT2D eigenvalue weighted by molar-refractivity contribution is 6.16. The third kappa shape index (κ3) is 4.00. The summed E-state index contributed by atoms with van der Waals surface area (Å²) >= 11 is 0. The van der Waals surface area contributed by atoms with E-state index in [0.29, 0.717) is 22.4 Å². The molecule has 0 aliphatic carbocycles. The number of anilines is 1. The molecule has 2 aromatic heterocycles. The molecule has 10 heteroatoms. The van der Waals surface area contributed by atoms with Crippen LogP contribution in [0.5, 0.6) is 5.75 Å². The van der Waals surface area contributed by atoms with Crippen LogP contribution in [0.15, 0.2) is 101 Å². The highest BCUT2D eigenvalue weighted by Gasteiger charge is 2.20. The maximum Gasteiger partial charge on any atom is 0.260 e. The molecule has 6 rings (SSSR count). The number of benzene rings is 4. The molecular formula is C28H18N8O2. The fourth-order valence-electron chi connectivity index (χ4n) is 4.16. The SMILES string of the molecule is N#Cc1cnn(-c2nc3ccccc3[nH]2)c1/N=N/c1cc2ccccc2c(C(=O)Nc2ccccc2)c1O. The number of imidazole rings is 1. The normalized spacial score (nSPS) is 11.2. The summed E-state index contributed by atoms with van der Waals surface area (Å²) in [5, 5.41) is 37.6. The second kappa shape index (κ2) is 9.33. The summed E-state index contributed by atoms with van der Waals surface area (Å²) in [4.78, 5) is 20.9. The Kier molecular flexibility index (Phi) is 5.56. The lowest BCUT2D eigenvalue weighted by Gasteiger charge is -2.12. The first-order valence-electron chi connectivity index (χ1n) is 11.6. The van der Waals surface area contributed by atoms with Crippen molar-refractivity contribution in [2.45, 2.75) is 0 Å². The van der Waals surface area contributed by atoms with Crippen molar-refractivity contribution in [2.24, 2.45) is 10.2 Å². The van der Waals surface area contributed by atoms with Gasteiger partial charge in [-0.25, -0.2) is 4.98 Å². The molecule has 0 atom stereocenters. The van der Waals surface area contributed by atoms with E-state index < -0.39 is 5.91 Å². The summed E-state index contributed by atoms with van der Waals surface area (Å²) in [6, 6.07) is 27.3. The van der Waals surface area contributed by atoms with Gasteiger partial charge in [-0.1, -0.05) is 54.6 Å². The van der Waals surface area contributed by atoms with Crippen LogP contribution in [-0.2, 0) is 0 Å². The number of phenolic OH excluding ortho intramolecular Hbond substituents is 1. The lowest BCUT2D eigenvalue weighted by atomic mass is 10.0. The van der Waals surface area contributed by atoms with Crippen LogP contribution in [-0.4, -0.2) is 30.8 Å². The molecule has 0 fully saturated rings. The summed E-state index contributed by atoms with van der Waals surface area (Å²) in [5.74, 6) is -0.358. The summed E-state index contributed by atoms with van der Waals surface area (Å²) < 4.78 is 1.36. The van der Waals surface area contributed by atoms with E-state index in [4.69, 9.17) is 0 Å². The molecule has 6 aromatic rings. The highest BCUT2D eigenvalue weighted by Crippen LogP contribution is 2.38. The summed E-state index contributed by atoms with van der Waals surface area (Å²) in [6.45, 7) is 0. The number of para-hydroxylation sites is 3. The lowest BCUT2D eigenvalue weighted by Crippen LogP contribution is -2.12. The van der Waals surface area contributed by atoms with E-state index in [-0.39, 0.29) is 28.4 Å². The van der Waals surface area contributed by atoms with Gasteiger partial charge in [0, 0.05) is 5.69 Å². The van der Waals surface area contributed by atoms with Crippen molar-refractivity contribution in [3.63, 3.8) is 0 Å². The quantitative estimate of drug-likeness (QED) is 0.244. The van der Waals surface area contributed by atoms with Crippen molar-refractivity contribution in [3.05, 3.63) is 102 Å². The van der Waals surface area contributed by atoms with Crippen molar-refractivity contribution in [1.29, 1.82) is 5.26 Å². The fourth-order valence-corrected chi connectivity index (χ4v) is 4.16. The molecule has 4 aromatic carbocycles. The van der Waals surface area contributed by atoms with Crippen LogP contribution in [0.3, 0.4) is 0 Å². The van der Waals surface area contributed by atoms with Gasteiger partial charge < -0.3 is 15.4 Å². The Labute approximate surface area is 215 Å². The number of nitriles is 1. The fraction of sp³-hybridized carbons (Fsp3) is 0. The number of fused-ring (bicyclic) bond motifs is 2. The van der Waals surface area contributed by atoms with Gasteiger partial charge in [0.2, 0.25) is 5.95 Å². The Balaban J connectivity index is 1.44. The van der Waals surface area contributed by atoms with Crippen LogP contribution in [0.2, 0.25) is 0 Å². The molecule has 0 aliphatic heterocycles. The van der Waals surface area contributed by atoms with Gasteiger partial charge in [0.1, 0.15) is 17.3 Å². The van der Waals surface area contributed by atoms with Crippen LogP contribution >= 0.6 is 0 Å². The van der Waals surface area contributed by atoms with Crippen LogP contribution < -0.4 is 5.32 Å². The highest BCUT2D eigenvalue weighted by atomic mass is 16.3. The first-order valence-corrected chi connectivity index (χ1v) is 11.6. The summed E-state index contributed by atoms with van der Waals surface area (Å²) in [6.07, 6.45) is 1.36. The second-order valence-electron chi connectivity index (χ2n) is 8.34. The van der Waals surface area contributed by atoms with Crippen molar-refractivity contribution in [1.82, 2.24) is 19.7 Å². The van der Waals surface area contributed by atoms with Crippen molar-refractivity contribution in [2.75, 3.05) is 5.32 Å². The van der Waals surface area contributed by atoms with Crippen molar-refractivity contribution < 1.29 is 9.90 Å². The third-order valence-electron chi connectivity index (χ3n) is 5.95. The zero-order chi connectivity index (χ0) is 26.1. The van der Waals surface area contributed by atoms with E-state index in [1.807, 2.05) is 42.5 Å². The smallest absolute Gasteiger partial charge is 0.260 e. The lowest BCUT2D eigenvalue weighted by molar-refractivity contribution is 0.102. The number of nitrogens with one attached hydrogen (secondary N) is 2. The molecule has 182 valence electrons. The zero-order valence-electron chi connectivity index (χ0n) is 19.7. The van der Waals surface area contributed by atoms with Crippen LogP contribution in [0.4, 0.5) is 17.2 Å². The molecule has 0 saturated carbocycles. The van der Waals surface area contributed by atoms with Crippen molar-refractivity contribution >= 4 is 44.9 Å². The van der Waals surface area contributed by atoms with Gasteiger partial charge in [-0.3, -0.25) is 4.79 Å². The zero-order valence-corrected chi connectivity index (χ0v) is 19.7. The molecule has 0 bridgehead atoms. The molecule has 0 radical (unpaired) electrons. The van der Waals surface area contributed by atoms with E-state index in [9.17, 15) is 15.2 Å². The Morgan fingerprint density at radius 3 is 2.58 bits per heavy atom. The molecule has 0 saturated heterocycles. The summed E-state index contributed by atoms with van der Waals surface area (Å²) in [5.41, 5.74) is 2.38. The largest absolute Gasteiger partial charge is 0.505 e. The number of azo groups is 1. The van der Waals surface area contributed by atoms with Gasteiger partial charge in [0.25, 0.3) is 5.91 Å². The number of hydrogen-bond acceptors (Lipinski definition) is 7. The maximum atomic E-state index is 13.2. The standard InChI is InChI=1S/C28H18N8O2/c29-15-18-16-30-36(28-32-21-12-6-7-13-22(21)33-28)26(18)35-34-23-14-17-8-4-5-11-20(17)24(25(23)37)27(38)31-19-9-2-1-3-10-19/h1-14,16,37H,(H,31,38)(H,32,33)/b35-34+. The number of aromatic nitrogens is 4. The molecule has 0 spiro atoms. The van der Waals surface area contributed by atoms with Crippen LogP contribution in [0.25, 0.3) is 27.8 Å².